The van der Waals surface area contributed by atoms with Crippen LogP contribution in [0.15, 0.2) is 46.9 Å². The van der Waals surface area contributed by atoms with E-state index in [1.807, 2.05) is 12.1 Å². The van der Waals surface area contributed by atoms with Crippen molar-refractivity contribution < 1.29 is 4.39 Å². The average Bonchev–Trinajstić information content (AvgIpc) is 2.80. The Morgan fingerprint density at radius 2 is 1.95 bits per heavy atom. The van der Waals surface area contributed by atoms with Crippen LogP contribution in [0.4, 0.5) is 10.1 Å². The first-order chi connectivity index (χ1) is 9.63. The second-order valence-corrected chi connectivity index (χ2v) is 5.87. The van der Waals surface area contributed by atoms with E-state index >= 15 is 0 Å². The molecule has 100 valence electrons. The molecule has 0 bridgehead atoms. The van der Waals surface area contributed by atoms with Crippen molar-refractivity contribution in [3.8, 4) is 6.07 Å². The zero-order valence-electron chi connectivity index (χ0n) is 10.7. The van der Waals surface area contributed by atoms with E-state index in [0.29, 0.717) is 6.42 Å². The molecule has 1 aliphatic rings. The molecular formula is C16H12BrFN2. The van der Waals surface area contributed by atoms with Gasteiger partial charge < -0.3 is 5.32 Å². The predicted octanol–water partition coefficient (Wildman–Crippen LogP) is 4.37. The lowest BCUT2D eigenvalue weighted by atomic mass is 9.93. The second-order valence-electron chi connectivity index (χ2n) is 4.95. The number of nitriles is 1. The van der Waals surface area contributed by atoms with Gasteiger partial charge >= 0.3 is 0 Å². The molecule has 0 saturated heterocycles. The molecule has 1 N–H and O–H groups in total. The lowest BCUT2D eigenvalue weighted by Crippen LogP contribution is -2.31. The first kappa shape index (κ1) is 13.1. The normalized spacial score (nSPS) is 20.2. The Morgan fingerprint density at radius 1 is 1.20 bits per heavy atom. The van der Waals surface area contributed by atoms with Crippen LogP contribution in [0.2, 0.25) is 0 Å². The summed E-state index contributed by atoms with van der Waals surface area (Å²) in [7, 11) is 0. The molecule has 4 heteroatoms. The van der Waals surface area contributed by atoms with Crippen molar-refractivity contribution in [2.75, 3.05) is 5.32 Å². The van der Waals surface area contributed by atoms with Crippen LogP contribution >= 0.6 is 15.9 Å². The highest BCUT2D eigenvalue weighted by molar-refractivity contribution is 9.10. The highest BCUT2D eigenvalue weighted by Crippen LogP contribution is 2.40. The van der Waals surface area contributed by atoms with Crippen LogP contribution in [0.5, 0.6) is 0 Å². The fourth-order valence-corrected chi connectivity index (χ4v) is 3.10. The largest absolute Gasteiger partial charge is 0.364 e. The fraction of sp³-hybridized carbons (Fsp3) is 0.188. The molecular weight excluding hydrogens is 319 g/mol. The smallest absolute Gasteiger partial charge is 0.151 e. The van der Waals surface area contributed by atoms with E-state index in [1.54, 1.807) is 12.1 Å². The molecule has 0 saturated carbocycles. The molecule has 1 aliphatic carbocycles. The van der Waals surface area contributed by atoms with Gasteiger partial charge in [0, 0.05) is 10.2 Å². The second kappa shape index (κ2) is 4.92. The fourth-order valence-electron chi connectivity index (χ4n) is 2.70. The monoisotopic (exact) mass is 330 g/mol. The summed E-state index contributed by atoms with van der Waals surface area (Å²) >= 11 is 3.45. The summed E-state index contributed by atoms with van der Waals surface area (Å²) in [6.45, 7) is 0. The molecule has 0 heterocycles. The van der Waals surface area contributed by atoms with Crippen molar-refractivity contribution in [2.45, 2.75) is 18.4 Å². The maximum absolute atomic E-state index is 13.0. The number of nitrogens with zero attached hydrogens (tertiary/aromatic N) is 1. The van der Waals surface area contributed by atoms with Crippen LogP contribution in [0.25, 0.3) is 0 Å². The molecule has 0 spiro atoms. The molecule has 2 nitrogen and oxygen atoms in total. The van der Waals surface area contributed by atoms with Gasteiger partial charge in [-0.25, -0.2) is 4.39 Å². The number of fused-ring (bicyclic) bond motifs is 1. The van der Waals surface area contributed by atoms with Gasteiger partial charge in [0.2, 0.25) is 0 Å². The SMILES string of the molecule is N#CC1(Nc2ccc(F)cc2)CCc2cc(Br)ccc21. The minimum absolute atomic E-state index is 0.280. The van der Waals surface area contributed by atoms with E-state index in [4.69, 9.17) is 0 Å². The molecule has 2 aromatic carbocycles. The first-order valence-corrected chi connectivity index (χ1v) is 7.16. The lowest BCUT2D eigenvalue weighted by molar-refractivity contribution is 0.616. The van der Waals surface area contributed by atoms with E-state index in [0.717, 1.165) is 22.1 Å². The third kappa shape index (κ3) is 2.19. The molecule has 0 aromatic heterocycles. The van der Waals surface area contributed by atoms with Crippen LogP contribution in [0, 0.1) is 17.1 Å². The third-order valence-corrected chi connectivity index (χ3v) is 4.18. The van der Waals surface area contributed by atoms with Crippen LogP contribution in [0.3, 0.4) is 0 Å². The number of benzene rings is 2. The summed E-state index contributed by atoms with van der Waals surface area (Å²) in [5.74, 6) is -0.280. The predicted molar refractivity (Wildman–Crippen MR) is 79.8 cm³/mol. The standard InChI is InChI=1S/C16H12BrFN2/c17-12-1-6-15-11(9-12)7-8-16(15,10-19)20-14-4-2-13(18)3-5-14/h1-6,9,20H,7-8H2. The van der Waals surface area contributed by atoms with Gasteiger partial charge in [0.1, 0.15) is 5.82 Å². The van der Waals surface area contributed by atoms with Gasteiger partial charge in [-0.05, 0) is 60.4 Å². The number of halogens is 2. The number of hydrogen-bond donors (Lipinski definition) is 1. The van der Waals surface area contributed by atoms with Crippen molar-refractivity contribution >= 4 is 21.6 Å². The van der Waals surface area contributed by atoms with Crippen LogP contribution in [0.1, 0.15) is 17.5 Å². The van der Waals surface area contributed by atoms with Gasteiger partial charge in [-0.15, -0.1) is 0 Å². The van der Waals surface area contributed by atoms with E-state index in [2.05, 4.69) is 33.4 Å². The molecule has 2 aromatic rings. The number of rotatable bonds is 2. The van der Waals surface area contributed by atoms with Crippen LogP contribution in [-0.4, -0.2) is 0 Å². The summed E-state index contributed by atoms with van der Waals surface area (Å²) in [4.78, 5) is 0. The van der Waals surface area contributed by atoms with Crippen molar-refractivity contribution in [1.29, 1.82) is 5.26 Å². The topological polar surface area (TPSA) is 35.8 Å². The van der Waals surface area contributed by atoms with Crippen molar-refractivity contribution in [1.82, 2.24) is 0 Å². The van der Waals surface area contributed by atoms with E-state index in [1.165, 1.54) is 17.7 Å². The minimum atomic E-state index is -0.728. The number of aryl methyl sites for hydroxylation is 1. The summed E-state index contributed by atoms with van der Waals surface area (Å²) < 4.78 is 14.0. The van der Waals surface area contributed by atoms with Gasteiger partial charge in [0.25, 0.3) is 0 Å². The van der Waals surface area contributed by atoms with Crippen molar-refractivity contribution in [3.05, 3.63) is 63.9 Å². The van der Waals surface area contributed by atoms with Gasteiger partial charge in [0.05, 0.1) is 6.07 Å². The number of anilines is 1. The number of hydrogen-bond acceptors (Lipinski definition) is 2. The third-order valence-electron chi connectivity index (χ3n) is 3.69. The molecule has 3 rings (SSSR count). The van der Waals surface area contributed by atoms with E-state index < -0.39 is 5.54 Å². The Bertz CT molecular complexity index is 691. The first-order valence-electron chi connectivity index (χ1n) is 6.37. The Morgan fingerprint density at radius 3 is 2.65 bits per heavy atom. The van der Waals surface area contributed by atoms with Gasteiger partial charge in [-0.1, -0.05) is 22.0 Å². The number of nitrogens with one attached hydrogen (secondary N) is 1. The van der Waals surface area contributed by atoms with Crippen LogP contribution < -0.4 is 5.32 Å². The minimum Gasteiger partial charge on any atom is -0.364 e. The molecule has 1 unspecified atom stereocenters. The molecule has 0 fully saturated rings. The summed E-state index contributed by atoms with van der Waals surface area (Å²) in [6.07, 6.45) is 1.57. The Balaban J connectivity index is 1.99. The molecule has 0 radical (unpaired) electrons. The van der Waals surface area contributed by atoms with Crippen molar-refractivity contribution in [2.24, 2.45) is 0 Å². The molecule has 0 aliphatic heterocycles. The molecule has 20 heavy (non-hydrogen) atoms. The van der Waals surface area contributed by atoms with Crippen molar-refractivity contribution in [3.63, 3.8) is 0 Å². The summed E-state index contributed by atoms with van der Waals surface area (Å²) in [5, 5.41) is 12.9. The maximum atomic E-state index is 13.0. The van der Waals surface area contributed by atoms with E-state index in [9.17, 15) is 9.65 Å². The Labute approximate surface area is 125 Å². The van der Waals surface area contributed by atoms with Crippen LogP contribution in [-0.2, 0) is 12.0 Å². The zero-order chi connectivity index (χ0) is 14.2. The van der Waals surface area contributed by atoms with Gasteiger partial charge in [0.15, 0.2) is 5.54 Å². The Hall–Kier alpha value is -1.86. The summed E-state index contributed by atoms with van der Waals surface area (Å²) in [5.41, 5.74) is 2.21. The average molecular weight is 331 g/mol. The highest BCUT2D eigenvalue weighted by Gasteiger charge is 2.39. The Kier molecular flexibility index (Phi) is 3.23. The quantitative estimate of drug-likeness (QED) is 0.887. The zero-order valence-corrected chi connectivity index (χ0v) is 12.2. The molecule has 1 atom stereocenters. The van der Waals surface area contributed by atoms with Gasteiger partial charge in [-0.2, -0.15) is 5.26 Å². The molecule has 0 amide bonds. The van der Waals surface area contributed by atoms with E-state index in [-0.39, 0.29) is 5.82 Å². The highest BCUT2D eigenvalue weighted by atomic mass is 79.9. The lowest BCUT2D eigenvalue weighted by Gasteiger charge is -2.25. The maximum Gasteiger partial charge on any atom is 0.151 e. The summed E-state index contributed by atoms with van der Waals surface area (Å²) in [6, 6.07) is 14.5. The van der Waals surface area contributed by atoms with Gasteiger partial charge in [-0.3, -0.25) is 0 Å².